The third kappa shape index (κ3) is 10.6. The van der Waals surface area contributed by atoms with E-state index in [0.717, 1.165) is 11.8 Å². The molecule has 3 rings (SSSR count). The van der Waals surface area contributed by atoms with Gasteiger partial charge in [0.15, 0.2) is 5.71 Å². The molecule has 1 saturated carbocycles. The summed E-state index contributed by atoms with van der Waals surface area (Å²) in [4.78, 5) is 24.3. The number of carbonyl (C=O) groups excluding carboxylic acids is 1. The number of carboxylic acid groups (broad SMARTS) is 1. The number of carbonyl (C=O) groups is 1. The summed E-state index contributed by atoms with van der Waals surface area (Å²) < 4.78 is 40.0. The molecule has 0 saturated heterocycles. The molecular formula is C26H29F3LiN3O3-2. The Balaban J connectivity index is 0.000000800. The van der Waals surface area contributed by atoms with Crippen LogP contribution in [0.25, 0.3) is 0 Å². The number of aliphatic carboxylic acids is 1. The predicted octanol–water partition coefficient (Wildman–Crippen LogP) is 2.86. The number of hydrogen-bond donors (Lipinski definition) is 3. The van der Waals surface area contributed by atoms with Gasteiger partial charge in [-0.25, -0.2) is 4.99 Å². The molecule has 6 nitrogen and oxygen atoms in total. The van der Waals surface area contributed by atoms with Crippen molar-refractivity contribution in [3.63, 3.8) is 0 Å². The number of nitrogens with two attached hydrogens (primary N) is 1. The molecule has 0 atom stereocenters. The first-order valence-electron chi connectivity index (χ1n) is 10.6. The molecular weight excluding hydrogens is 466 g/mol. The molecule has 190 valence electrons. The van der Waals surface area contributed by atoms with E-state index in [2.05, 4.69) is 17.2 Å². The van der Waals surface area contributed by atoms with Crippen molar-refractivity contribution in [2.75, 3.05) is 5.32 Å². The monoisotopic (exact) mass is 495 g/mol. The maximum Gasteiger partial charge on any atom is 1.00 e. The molecule has 0 aromatic heterocycles. The number of rotatable bonds is 6. The van der Waals surface area contributed by atoms with Crippen LogP contribution < -0.4 is 29.9 Å². The minimum atomic E-state index is -4.65. The minimum absolute atomic E-state index is 0. The van der Waals surface area contributed by atoms with Gasteiger partial charge in [-0.1, -0.05) is 43.2 Å². The summed E-state index contributed by atoms with van der Waals surface area (Å²) in [5, 5.41) is 11.2. The van der Waals surface area contributed by atoms with Crippen molar-refractivity contribution in [2.45, 2.75) is 31.9 Å². The average molecular weight is 495 g/mol. The van der Waals surface area contributed by atoms with Gasteiger partial charge >= 0.3 is 31.0 Å². The summed E-state index contributed by atoms with van der Waals surface area (Å²) in [7, 11) is 0. The molecule has 4 N–H and O–H groups in total. The number of carboxylic acids is 1. The van der Waals surface area contributed by atoms with Crippen LogP contribution >= 0.6 is 0 Å². The van der Waals surface area contributed by atoms with Crippen molar-refractivity contribution in [3.05, 3.63) is 86.4 Å². The zero-order valence-electron chi connectivity index (χ0n) is 20.4. The number of nitrogens with one attached hydrogen (secondary N) is 1. The normalized spacial score (nSPS) is 17.9. The summed E-state index contributed by atoms with van der Waals surface area (Å²) in [6.07, 6.45) is 0.781. The molecule has 2 aromatic carbocycles. The van der Waals surface area contributed by atoms with Crippen LogP contribution in [-0.4, -0.2) is 29.2 Å². The zero-order chi connectivity index (χ0) is 25.1. The molecule has 0 radical (unpaired) electrons. The minimum Gasteiger partial charge on any atom is -0.542 e. The number of nitrogens with zero attached hydrogens (tertiary/aromatic N) is 1. The molecule has 2 aromatic rings. The second kappa shape index (κ2) is 15.8. The van der Waals surface area contributed by atoms with Gasteiger partial charge in [-0.2, -0.15) is 37.8 Å². The summed E-state index contributed by atoms with van der Waals surface area (Å²) in [6, 6.07) is 14.5. The van der Waals surface area contributed by atoms with E-state index in [0.29, 0.717) is 31.4 Å². The molecule has 10 heteroatoms. The Morgan fingerprint density at radius 1 is 1.08 bits per heavy atom. The van der Waals surface area contributed by atoms with Crippen LogP contribution in [0, 0.1) is 26.2 Å². The number of para-hydroxylation sites is 1. The number of benzene rings is 2. The number of halogens is 3. The zero-order valence-corrected chi connectivity index (χ0v) is 20.4. The molecule has 0 amide bonds. The maximum absolute atomic E-state index is 13.3. The van der Waals surface area contributed by atoms with Crippen LogP contribution in [0.3, 0.4) is 0 Å². The Bertz CT molecular complexity index is 1000. The first-order chi connectivity index (χ1) is 16.1. The van der Waals surface area contributed by atoms with Gasteiger partial charge in [0.2, 0.25) is 0 Å². The van der Waals surface area contributed by atoms with Crippen LogP contribution in [0.1, 0.15) is 31.2 Å². The first-order valence-corrected chi connectivity index (χ1v) is 10.6. The van der Waals surface area contributed by atoms with Gasteiger partial charge in [-0.05, 0) is 25.0 Å². The standard InChI is InChI=1S/C17H15F3N3.C8H11O3.CH3.Li/c1-12-7-9-14(10-8-12)22-15(11-21)16(17(18,19)20)23-13-5-3-2-4-6-13;9-5-6-1-3-7(4-2-6)8(10)11;;/h2-11,22H,1,21H2;6-7H,1-4H2,(H,10,11);1H3;/q3*-1;+1/b15-11+,23-16?;;;. The predicted molar refractivity (Wildman–Crippen MR) is 132 cm³/mol. The molecule has 0 heterocycles. The molecule has 0 bridgehead atoms. The van der Waals surface area contributed by atoms with E-state index < -0.39 is 17.9 Å². The first kappa shape index (κ1) is 32.8. The van der Waals surface area contributed by atoms with Crippen LogP contribution in [0.4, 0.5) is 24.5 Å². The summed E-state index contributed by atoms with van der Waals surface area (Å²) in [6.45, 7) is 3.72. The maximum atomic E-state index is 13.3. The SMILES string of the molecule is O=[C-]C1CCC(C(=O)O)CC1.[CH2-]c1ccc(N/C(=C/N)C(=Nc2ccccc2)C(F)(F)F)cc1.[CH3-].[Li+]. The van der Waals surface area contributed by atoms with E-state index in [1.165, 1.54) is 12.1 Å². The summed E-state index contributed by atoms with van der Waals surface area (Å²) in [5.41, 5.74) is 5.37. The molecule has 0 spiro atoms. The van der Waals surface area contributed by atoms with E-state index in [1.807, 2.05) is 6.29 Å². The number of hydrogen-bond acceptors (Lipinski definition) is 5. The molecule has 1 aliphatic rings. The number of anilines is 1. The van der Waals surface area contributed by atoms with Crippen LogP contribution in [-0.2, 0) is 9.59 Å². The molecule has 0 unspecified atom stereocenters. The molecule has 36 heavy (non-hydrogen) atoms. The summed E-state index contributed by atoms with van der Waals surface area (Å²) in [5.74, 6) is -0.959. The fourth-order valence-corrected chi connectivity index (χ4v) is 3.29. The van der Waals surface area contributed by atoms with Crippen molar-refractivity contribution < 1.29 is 46.7 Å². The van der Waals surface area contributed by atoms with Gasteiger partial charge in [0.05, 0.1) is 17.3 Å². The molecule has 0 aliphatic heterocycles. The quantitative estimate of drug-likeness (QED) is 0.325. The average Bonchev–Trinajstić information content (AvgIpc) is 2.83. The van der Waals surface area contributed by atoms with Crippen LogP contribution in [0.15, 0.2) is 71.5 Å². The Morgan fingerprint density at radius 2 is 1.64 bits per heavy atom. The van der Waals surface area contributed by atoms with Crippen molar-refractivity contribution in [2.24, 2.45) is 22.6 Å². The third-order valence-electron chi connectivity index (χ3n) is 5.16. The van der Waals surface area contributed by atoms with Gasteiger partial charge in [0.25, 0.3) is 0 Å². The topological polar surface area (TPSA) is 105 Å². The second-order valence-corrected chi connectivity index (χ2v) is 7.70. The van der Waals surface area contributed by atoms with Gasteiger partial charge in [0.1, 0.15) is 0 Å². The van der Waals surface area contributed by atoms with E-state index in [4.69, 9.17) is 10.8 Å². The second-order valence-electron chi connectivity index (χ2n) is 7.70. The van der Waals surface area contributed by atoms with Crippen molar-refractivity contribution in [1.29, 1.82) is 0 Å². The Kier molecular flexibility index (Phi) is 14.4. The third-order valence-corrected chi connectivity index (χ3v) is 5.16. The number of aliphatic imine (C=N–C) groups is 1. The molecule has 1 aliphatic carbocycles. The smallest absolute Gasteiger partial charge is 0.542 e. The number of alkyl halides is 3. The van der Waals surface area contributed by atoms with Crippen molar-refractivity contribution in [3.8, 4) is 0 Å². The fourth-order valence-electron chi connectivity index (χ4n) is 3.29. The van der Waals surface area contributed by atoms with Crippen LogP contribution in [0.2, 0.25) is 0 Å². The van der Waals surface area contributed by atoms with Gasteiger partial charge in [-0.3, -0.25) is 11.1 Å². The Hall–Kier alpha value is -3.15. The fraction of sp³-hybridized carbons (Fsp3) is 0.269. The van der Waals surface area contributed by atoms with E-state index in [9.17, 15) is 22.8 Å². The Morgan fingerprint density at radius 3 is 2.08 bits per heavy atom. The Labute approximate surface area is 222 Å². The molecule has 1 fully saturated rings. The van der Waals surface area contributed by atoms with Crippen molar-refractivity contribution in [1.82, 2.24) is 0 Å². The number of allylic oxidation sites excluding steroid dienone is 1. The van der Waals surface area contributed by atoms with E-state index in [1.54, 1.807) is 42.5 Å². The van der Waals surface area contributed by atoms with Crippen molar-refractivity contribution >= 4 is 29.3 Å². The van der Waals surface area contributed by atoms with Gasteiger partial charge in [-0.15, -0.1) is 5.92 Å². The van der Waals surface area contributed by atoms with E-state index >= 15 is 0 Å². The van der Waals surface area contributed by atoms with Gasteiger partial charge in [0, 0.05) is 11.9 Å². The van der Waals surface area contributed by atoms with Crippen LogP contribution in [0.5, 0.6) is 0 Å². The van der Waals surface area contributed by atoms with Gasteiger partial charge < -0.3 is 28.4 Å². The largest absolute Gasteiger partial charge is 1.00 e. The summed E-state index contributed by atoms with van der Waals surface area (Å²) >= 11 is 0. The van der Waals surface area contributed by atoms with E-state index in [-0.39, 0.29) is 49.5 Å².